The Morgan fingerprint density at radius 1 is 1.29 bits per heavy atom. The molecule has 3 nitrogen and oxygen atoms in total. The summed E-state index contributed by atoms with van der Waals surface area (Å²) in [5.41, 5.74) is 2.06. The predicted octanol–water partition coefficient (Wildman–Crippen LogP) is 5.62. The van der Waals surface area contributed by atoms with E-state index in [1.165, 1.54) is 13.2 Å². The Labute approximate surface area is 153 Å². The number of aryl methyl sites for hydroxylation is 1. The summed E-state index contributed by atoms with van der Waals surface area (Å²) in [6.45, 7) is 1.86. The summed E-state index contributed by atoms with van der Waals surface area (Å²) >= 11 is 8.44. The first-order valence-electron chi connectivity index (χ1n) is 7.06. The van der Waals surface area contributed by atoms with Crippen molar-refractivity contribution in [3.63, 3.8) is 0 Å². The molecule has 0 saturated carbocycles. The minimum atomic E-state index is -2.60. The van der Waals surface area contributed by atoms with Crippen molar-refractivity contribution in [1.82, 2.24) is 0 Å². The summed E-state index contributed by atoms with van der Waals surface area (Å²) in [5, 5.41) is 3.14. The van der Waals surface area contributed by atoms with Gasteiger partial charge in [0.05, 0.1) is 12.7 Å². The van der Waals surface area contributed by atoms with Crippen molar-refractivity contribution in [2.45, 2.75) is 20.0 Å². The third-order valence-corrected chi connectivity index (χ3v) is 4.33. The molecule has 1 N–H and O–H groups in total. The van der Waals surface area contributed by atoms with Crippen molar-refractivity contribution in [2.75, 3.05) is 12.4 Å². The average molecular weight is 416 g/mol. The molecule has 0 fully saturated rings. The van der Waals surface area contributed by atoms with Crippen LogP contribution in [0.1, 0.15) is 23.1 Å². The van der Waals surface area contributed by atoms with E-state index >= 15 is 0 Å². The molecule has 0 heterocycles. The minimum absolute atomic E-state index is 0.0961. The zero-order chi connectivity index (χ0) is 17.7. The fourth-order valence-corrected chi connectivity index (χ4v) is 2.69. The highest BCUT2D eigenvalue weighted by Gasteiger charge is 2.16. The normalized spacial score (nSPS) is 10.6. The Bertz CT molecular complexity index is 741. The number of hydrogen-bond donors (Lipinski definition) is 1. The first-order valence-corrected chi connectivity index (χ1v) is 8.26. The summed E-state index contributed by atoms with van der Waals surface area (Å²) in [5.74, 6) is 0.159. The van der Waals surface area contributed by atoms with Crippen LogP contribution in [0.15, 0.2) is 40.9 Å². The van der Waals surface area contributed by atoms with Crippen LogP contribution in [-0.2, 0) is 11.3 Å². The van der Waals surface area contributed by atoms with E-state index in [-0.39, 0.29) is 23.1 Å². The SMILES string of the molecule is COC(=S)Nc1cccc(Br)c1COc1ccc(C)cc1C(F)F. The number of ether oxygens (including phenoxy) is 2. The third-order valence-electron chi connectivity index (χ3n) is 3.31. The van der Waals surface area contributed by atoms with Gasteiger partial charge in [0.25, 0.3) is 11.6 Å². The molecule has 0 amide bonds. The lowest BCUT2D eigenvalue weighted by Crippen LogP contribution is -2.13. The smallest absolute Gasteiger partial charge is 0.267 e. The van der Waals surface area contributed by atoms with Crippen LogP contribution in [-0.4, -0.2) is 12.3 Å². The van der Waals surface area contributed by atoms with Crippen molar-refractivity contribution < 1.29 is 18.3 Å². The number of methoxy groups -OCH3 is 1. The largest absolute Gasteiger partial charge is 0.488 e. The number of anilines is 1. The molecule has 24 heavy (non-hydrogen) atoms. The molecule has 0 aliphatic carbocycles. The number of rotatable bonds is 5. The topological polar surface area (TPSA) is 30.5 Å². The van der Waals surface area contributed by atoms with Gasteiger partial charge in [0.2, 0.25) is 0 Å². The maximum atomic E-state index is 13.2. The summed E-state index contributed by atoms with van der Waals surface area (Å²) < 4.78 is 37.7. The van der Waals surface area contributed by atoms with E-state index in [1.807, 2.05) is 12.1 Å². The van der Waals surface area contributed by atoms with Crippen LogP contribution < -0.4 is 10.1 Å². The van der Waals surface area contributed by atoms with Crippen LogP contribution in [0.2, 0.25) is 0 Å². The molecule has 0 radical (unpaired) electrons. The summed E-state index contributed by atoms with van der Waals surface area (Å²) in [7, 11) is 1.46. The van der Waals surface area contributed by atoms with Gasteiger partial charge in [0.15, 0.2) is 0 Å². The maximum Gasteiger partial charge on any atom is 0.267 e. The Morgan fingerprint density at radius 2 is 2.04 bits per heavy atom. The van der Waals surface area contributed by atoms with Crippen molar-refractivity contribution >= 4 is 39.0 Å². The third kappa shape index (κ3) is 4.64. The van der Waals surface area contributed by atoms with Gasteiger partial charge in [0, 0.05) is 15.7 Å². The lowest BCUT2D eigenvalue weighted by atomic mass is 10.1. The van der Waals surface area contributed by atoms with Gasteiger partial charge in [-0.05, 0) is 43.4 Å². The van der Waals surface area contributed by atoms with Gasteiger partial charge in [-0.2, -0.15) is 0 Å². The maximum absolute atomic E-state index is 13.2. The summed E-state index contributed by atoms with van der Waals surface area (Å²) in [4.78, 5) is 0. The Balaban J connectivity index is 2.25. The van der Waals surface area contributed by atoms with E-state index in [9.17, 15) is 8.78 Å². The molecule has 0 aliphatic rings. The fraction of sp³-hybridized carbons (Fsp3) is 0.235. The summed E-state index contributed by atoms with van der Waals surface area (Å²) in [6.07, 6.45) is -2.60. The van der Waals surface area contributed by atoms with Crippen molar-refractivity contribution in [1.29, 1.82) is 0 Å². The van der Waals surface area contributed by atoms with Gasteiger partial charge >= 0.3 is 0 Å². The summed E-state index contributed by atoms with van der Waals surface area (Å²) in [6, 6.07) is 10.2. The zero-order valence-electron chi connectivity index (χ0n) is 13.1. The van der Waals surface area contributed by atoms with E-state index < -0.39 is 6.43 Å². The number of hydrogen-bond acceptors (Lipinski definition) is 3. The number of nitrogens with one attached hydrogen (secondary N) is 1. The van der Waals surface area contributed by atoms with E-state index in [0.29, 0.717) is 5.69 Å². The van der Waals surface area contributed by atoms with Gasteiger partial charge < -0.3 is 14.8 Å². The molecule has 0 spiro atoms. The van der Waals surface area contributed by atoms with Crippen LogP contribution in [0.4, 0.5) is 14.5 Å². The first kappa shape index (κ1) is 18.6. The van der Waals surface area contributed by atoms with Crippen LogP contribution in [0.5, 0.6) is 5.75 Å². The van der Waals surface area contributed by atoms with Crippen LogP contribution in [0.25, 0.3) is 0 Å². The fourth-order valence-electron chi connectivity index (χ4n) is 2.10. The average Bonchev–Trinajstić information content (AvgIpc) is 2.55. The molecule has 0 aliphatic heterocycles. The molecule has 2 rings (SSSR count). The molecule has 2 aromatic rings. The second-order valence-electron chi connectivity index (χ2n) is 5.01. The van der Waals surface area contributed by atoms with Gasteiger partial charge in [-0.15, -0.1) is 0 Å². The second kappa shape index (κ2) is 8.39. The first-order chi connectivity index (χ1) is 11.4. The molecular weight excluding hydrogens is 400 g/mol. The molecular formula is C17H16BrF2NO2S. The molecule has 128 valence electrons. The van der Waals surface area contributed by atoms with Gasteiger partial charge in [-0.3, -0.25) is 0 Å². The number of alkyl halides is 2. The molecule has 0 unspecified atom stereocenters. The van der Waals surface area contributed by atoms with E-state index in [2.05, 4.69) is 21.2 Å². The highest BCUT2D eigenvalue weighted by atomic mass is 79.9. The quantitative estimate of drug-likeness (QED) is 0.642. The molecule has 0 aromatic heterocycles. The van der Waals surface area contributed by atoms with Crippen molar-refractivity contribution in [3.8, 4) is 5.75 Å². The predicted molar refractivity (Wildman–Crippen MR) is 97.8 cm³/mol. The highest BCUT2D eigenvalue weighted by molar-refractivity contribution is 9.10. The molecule has 7 heteroatoms. The van der Waals surface area contributed by atoms with E-state index in [1.54, 1.807) is 25.1 Å². The van der Waals surface area contributed by atoms with E-state index in [4.69, 9.17) is 21.7 Å². The van der Waals surface area contributed by atoms with Crippen LogP contribution in [0.3, 0.4) is 0 Å². The Kier molecular flexibility index (Phi) is 6.51. The highest BCUT2D eigenvalue weighted by Crippen LogP contribution is 2.32. The van der Waals surface area contributed by atoms with Gasteiger partial charge in [-0.25, -0.2) is 8.78 Å². The lowest BCUT2D eigenvalue weighted by Gasteiger charge is -2.16. The monoisotopic (exact) mass is 415 g/mol. The lowest BCUT2D eigenvalue weighted by molar-refractivity contribution is 0.144. The standard InChI is InChI=1S/C17H16BrF2NO2S/c1-10-6-7-15(11(8-10)16(19)20)23-9-12-13(18)4-3-5-14(12)21-17(24)22-2/h3-8,16H,9H2,1-2H3,(H,21,24). The second-order valence-corrected chi connectivity index (χ2v) is 6.24. The molecule has 0 bridgehead atoms. The van der Waals surface area contributed by atoms with Crippen LogP contribution in [0, 0.1) is 6.92 Å². The number of benzene rings is 2. The Hall–Kier alpha value is -1.73. The molecule has 0 atom stereocenters. The van der Waals surface area contributed by atoms with Crippen LogP contribution >= 0.6 is 28.1 Å². The van der Waals surface area contributed by atoms with Crippen molar-refractivity contribution in [2.24, 2.45) is 0 Å². The number of halogens is 3. The van der Waals surface area contributed by atoms with Gasteiger partial charge in [0.1, 0.15) is 12.4 Å². The minimum Gasteiger partial charge on any atom is -0.488 e. The van der Waals surface area contributed by atoms with E-state index in [0.717, 1.165) is 15.6 Å². The molecule has 2 aromatic carbocycles. The Morgan fingerprint density at radius 3 is 2.71 bits per heavy atom. The van der Waals surface area contributed by atoms with Gasteiger partial charge in [-0.1, -0.05) is 33.6 Å². The number of thiocarbonyl (C=S) groups is 1. The zero-order valence-corrected chi connectivity index (χ0v) is 15.5. The van der Waals surface area contributed by atoms with Crippen molar-refractivity contribution in [3.05, 3.63) is 57.6 Å². The molecule has 0 saturated heterocycles.